The first-order chi connectivity index (χ1) is 16.2. The van der Waals surface area contributed by atoms with Gasteiger partial charge in [-0.15, -0.1) is 0 Å². The van der Waals surface area contributed by atoms with Gasteiger partial charge in [0, 0.05) is 73.6 Å². The number of morpholine rings is 1. The summed E-state index contributed by atoms with van der Waals surface area (Å²) in [6.45, 7) is 6.00. The van der Waals surface area contributed by atoms with E-state index in [0.717, 1.165) is 42.0 Å². The molecule has 9 heteroatoms. The maximum Gasteiger partial charge on any atom is 0.255 e. The van der Waals surface area contributed by atoms with E-state index < -0.39 is 0 Å². The number of anilines is 2. The number of amides is 1. The predicted molar refractivity (Wildman–Crippen MR) is 131 cm³/mol. The molecule has 1 aromatic carbocycles. The Balaban J connectivity index is 1.24. The summed E-state index contributed by atoms with van der Waals surface area (Å²) in [6.07, 6.45) is 5.09. The molecule has 170 valence electrons. The molecule has 2 saturated heterocycles. The highest BCUT2D eigenvalue weighted by atomic mass is 79.9. The highest BCUT2D eigenvalue weighted by molar-refractivity contribution is 9.10. The molecule has 2 aliphatic heterocycles. The van der Waals surface area contributed by atoms with Crippen molar-refractivity contribution in [1.29, 1.82) is 0 Å². The average molecular weight is 509 g/mol. The molecule has 0 bridgehead atoms. The van der Waals surface area contributed by atoms with Crippen molar-refractivity contribution < 1.29 is 9.53 Å². The Labute approximate surface area is 201 Å². The second-order valence-electron chi connectivity index (χ2n) is 8.06. The summed E-state index contributed by atoms with van der Waals surface area (Å²) in [5.41, 5.74) is 3.76. The van der Waals surface area contributed by atoms with Gasteiger partial charge in [0.1, 0.15) is 0 Å². The highest BCUT2D eigenvalue weighted by Gasteiger charge is 2.24. The van der Waals surface area contributed by atoms with Crippen LogP contribution in [0.1, 0.15) is 10.4 Å². The third-order valence-electron chi connectivity index (χ3n) is 5.98. The van der Waals surface area contributed by atoms with Gasteiger partial charge in [-0.25, -0.2) is 9.97 Å². The molecule has 0 aliphatic carbocycles. The van der Waals surface area contributed by atoms with Gasteiger partial charge in [-0.05, 0) is 40.2 Å². The highest BCUT2D eigenvalue weighted by Crippen LogP contribution is 2.24. The van der Waals surface area contributed by atoms with Crippen LogP contribution in [0.4, 0.5) is 11.6 Å². The molecule has 2 fully saturated rings. The van der Waals surface area contributed by atoms with Crippen LogP contribution in [0.25, 0.3) is 11.3 Å². The van der Waals surface area contributed by atoms with E-state index in [1.54, 1.807) is 24.7 Å². The zero-order chi connectivity index (χ0) is 22.6. The lowest BCUT2D eigenvalue weighted by molar-refractivity contribution is 0.0745. The molecule has 0 unspecified atom stereocenters. The first kappa shape index (κ1) is 21.8. The van der Waals surface area contributed by atoms with Crippen molar-refractivity contribution >= 4 is 33.5 Å². The summed E-state index contributed by atoms with van der Waals surface area (Å²) < 4.78 is 6.24. The van der Waals surface area contributed by atoms with E-state index in [0.29, 0.717) is 37.7 Å². The van der Waals surface area contributed by atoms with Crippen LogP contribution in [0.2, 0.25) is 0 Å². The van der Waals surface area contributed by atoms with Crippen molar-refractivity contribution in [2.45, 2.75) is 0 Å². The predicted octanol–water partition coefficient (Wildman–Crippen LogP) is 3.10. The van der Waals surface area contributed by atoms with Crippen molar-refractivity contribution in [3.63, 3.8) is 0 Å². The topological polar surface area (TPSA) is 74.7 Å². The third-order valence-corrected chi connectivity index (χ3v) is 6.42. The molecule has 0 radical (unpaired) electrons. The van der Waals surface area contributed by atoms with Gasteiger partial charge in [-0.3, -0.25) is 9.78 Å². The SMILES string of the molecule is O=C(c1cncc(Br)c1)N1CCN(c2nccc(-c3ccc(N4CCOCC4)cc3)n2)CC1. The minimum atomic E-state index is -0.00141. The summed E-state index contributed by atoms with van der Waals surface area (Å²) >= 11 is 3.38. The number of hydrogen-bond donors (Lipinski definition) is 0. The van der Waals surface area contributed by atoms with E-state index in [4.69, 9.17) is 9.72 Å². The lowest BCUT2D eigenvalue weighted by atomic mass is 10.1. The van der Waals surface area contributed by atoms with Crippen LogP contribution in [0, 0.1) is 0 Å². The number of carbonyl (C=O) groups is 1. The molecule has 2 aliphatic rings. The fourth-order valence-corrected chi connectivity index (χ4v) is 4.51. The van der Waals surface area contributed by atoms with E-state index in [2.05, 4.69) is 60.0 Å². The number of aromatic nitrogens is 3. The first-order valence-electron chi connectivity index (χ1n) is 11.1. The van der Waals surface area contributed by atoms with Crippen LogP contribution < -0.4 is 9.80 Å². The molecule has 0 spiro atoms. The molecular formula is C24H25BrN6O2. The van der Waals surface area contributed by atoms with Crippen LogP contribution in [-0.4, -0.2) is 78.2 Å². The minimum Gasteiger partial charge on any atom is -0.378 e. The van der Waals surface area contributed by atoms with Gasteiger partial charge in [-0.2, -0.15) is 0 Å². The molecule has 0 N–H and O–H groups in total. The van der Waals surface area contributed by atoms with Crippen LogP contribution in [-0.2, 0) is 4.74 Å². The minimum absolute atomic E-state index is 0.00141. The summed E-state index contributed by atoms with van der Waals surface area (Å²) in [5.74, 6) is 0.694. The van der Waals surface area contributed by atoms with Crippen LogP contribution in [0.3, 0.4) is 0 Å². The summed E-state index contributed by atoms with van der Waals surface area (Å²) in [7, 11) is 0. The van der Waals surface area contributed by atoms with Crippen molar-refractivity contribution in [2.24, 2.45) is 0 Å². The first-order valence-corrected chi connectivity index (χ1v) is 11.9. The van der Waals surface area contributed by atoms with Gasteiger partial charge in [0.2, 0.25) is 5.95 Å². The van der Waals surface area contributed by atoms with Gasteiger partial charge in [0.25, 0.3) is 5.91 Å². The van der Waals surface area contributed by atoms with Crippen LogP contribution in [0.5, 0.6) is 0 Å². The van der Waals surface area contributed by atoms with E-state index in [1.165, 1.54) is 5.69 Å². The van der Waals surface area contributed by atoms with Crippen molar-refractivity contribution in [2.75, 3.05) is 62.3 Å². The molecule has 8 nitrogen and oxygen atoms in total. The second kappa shape index (κ2) is 9.84. The maximum atomic E-state index is 12.8. The van der Waals surface area contributed by atoms with Gasteiger partial charge < -0.3 is 19.4 Å². The van der Waals surface area contributed by atoms with E-state index in [1.807, 2.05) is 11.0 Å². The number of halogens is 1. The van der Waals surface area contributed by atoms with Crippen LogP contribution >= 0.6 is 15.9 Å². The number of piperazine rings is 1. The van der Waals surface area contributed by atoms with Crippen molar-refractivity contribution in [3.8, 4) is 11.3 Å². The molecule has 4 heterocycles. The monoisotopic (exact) mass is 508 g/mol. The largest absolute Gasteiger partial charge is 0.378 e. The quantitative estimate of drug-likeness (QED) is 0.535. The Bertz CT molecular complexity index is 1110. The third kappa shape index (κ3) is 4.99. The zero-order valence-corrected chi connectivity index (χ0v) is 19.8. The van der Waals surface area contributed by atoms with Crippen LogP contribution in [0.15, 0.2) is 59.5 Å². The van der Waals surface area contributed by atoms with Crippen molar-refractivity contribution in [1.82, 2.24) is 19.9 Å². The second-order valence-corrected chi connectivity index (χ2v) is 8.97. The smallest absolute Gasteiger partial charge is 0.255 e. The van der Waals surface area contributed by atoms with Gasteiger partial charge in [0.05, 0.1) is 24.5 Å². The number of nitrogens with zero attached hydrogens (tertiary/aromatic N) is 6. The fourth-order valence-electron chi connectivity index (χ4n) is 4.15. The fraction of sp³-hybridized carbons (Fsp3) is 0.333. The molecule has 5 rings (SSSR count). The Kier molecular flexibility index (Phi) is 6.50. The Morgan fingerprint density at radius 1 is 0.909 bits per heavy atom. The molecule has 1 amide bonds. The summed E-state index contributed by atoms with van der Waals surface area (Å²) in [6, 6.07) is 12.2. The molecular weight excluding hydrogens is 484 g/mol. The molecule has 0 saturated carbocycles. The zero-order valence-electron chi connectivity index (χ0n) is 18.2. The van der Waals surface area contributed by atoms with Gasteiger partial charge in [-0.1, -0.05) is 12.1 Å². The van der Waals surface area contributed by atoms with E-state index in [-0.39, 0.29) is 5.91 Å². The number of rotatable bonds is 4. The number of ether oxygens (including phenoxy) is 1. The maximum absolute atomic E-state index is 12.8. The molecule has 33 heavy (non-hydrogen) atoms. The normalized spacial score (nSPS) is 16.7. The molecule has 3 aromatic rings. The number of carbonyl (C=O) groups excluding carboxylic acids is 1. The number of benzene rings is 1. The standard InChI is InChI=1S/C24H25BrN6O2/c25-20-15-19(16-26-17-20)23(32)30-7-9-31(10-8-30)24-27-6-5-22(28-24)18-1-3-21(4-2-18)29-11-13-33-14-12-29/h1-6,15-17H,7-14H2. The molecule has 2 aromatic heterocycles. The summed E-state index contributed by atoms with van der Waals surface area (Å²) in [4.78, 5) is 32.5. The Morgan fingerprint density at radius 2 is 1.67 bits per heavy atom. The number of hydrogen-bond acceptors (Lipinski definition) is 7. The number of pyridine rings is 1. The average Bonchev–Trinajstić information content (AvgIpc) is 2.89. The Hall–Kier alpha value is -3.04. The van der Waals surface area contributed by atoms with Gasteiger partial charge in [0.15, 0.2) is 0 Å². The van der Waals surface area contributed by atoms with E-state index in [9.17, 15) is 4.79 Å². The lowest BCUT2D eigenvalue weighted by Gasteiger charge is -2.34. The summed E-state index contributed by atoms with van der Waals surface area (Å²) in [5, 5.41) is 0. The van der Waals surface area contributed by atoms with Gasteiger partial charge >= 0.3 is 0 Å². The molecule has 0 atom stereocenters. The van der Waals surface area contributed by atoms with Crippen molar-refractivity contribution in [3.05, 3.63) is 65.0 Å². The lowest BCUT2D eigenvalue weighted by Crippen LogP contribution is -2.49. The van der Waals surface area contributed by atoms with E-state index >= 15 is 0 Å². The Morgan fingerprint density at radius 3 is 2.39 bits per heavy atom.